The molecule has 0 aliphatic rings. The minimum absolute atomic E-state index is 0.822. The lowest BCUT2D eigenvalue weighted by molar-refractivity contribution is -0.152. The van der Waals surface area contributed by atoms with Crippen LogP contribution in [0, 0.1) is 25.7 Å². The first-order valence-electron chi connectivity index (χ1n) is 4.98. The van der Waals surface area contributed by atoms with Crippen LogP contribution in [0.5, 0.6) is 0 Å². The lowest BCUT2D eigenvalue weighted by Gasteiger charge is -2.09. The van der Waals surface area contributed by atoms with Crippen molar-refractivity contribution in [1.82, 2.24) is 10.2 Å². The summed E-state index contributed by atoms with van der Waals surface area (Å²) in [4.78, 5) is 20.4. The van der Waals surface area contributed by atoms with Crippen LogP contribution in [0.15, 0.2) is 0 Å². The van der Waals surface area contributed by atoms with Crippen molar-refractivity contribution in [1.29, 1.82) is 0 Å². The van der Waals surface area contributed by atoms with Gasteiger partial charge in [0.05, 0.1) is 11.8 Å². The van der Waals surface area contributed by atoms with Crippen LogP contribution in [0.1, 0.15) is 23.9 Å². The predicted molar refractivity (Wildman–Crippen MR) is 63.0 cm³/mol. The van der Waals surface area contributed by atoms with E-state index < -0.39 is 23.8 Å². The summed E-state index contributed by atoms with van der Waals surface area (Å²) >= 11 is 1.62. The molecule has 0 bridgehead atoms. The average Bonchev–Trinajstić information content (AvgIpc) is 2.60. The Hall–Kier alpha value is -1.50. The van der Waals surface area contributed by atoms with Gasteiger partial charge in [0.1, 0.15) is 10.0 Å². The standard InChI is InChI=1S/C6H10O4.C4H6N2S/c1-3(5(7)8)4(2)6(9)10;1-3-5-6-4(2)7-3/h3-4H,1-2H3,(H,7,8)(H,9,10);1-2H3. The van der Waals surface area contributed by atoms with E-state index in [1.54, 1.807) is 11.3 Å². The zero-order valence-electron chi connectivity index (χ0n) is 10.2. The third-order valence-electron chi connectivity index (χ3n) is 2.16. The minimum atomic E-state index is -1.07. The Bertz CT molecular complexity index is 357. The first-order chi connectivity index (χ1) is 7.75. The van der Waals surface area contributed by atoms with E-state index >= 15 is 0 Å². The number of aromatic nitrogens is 2. The fourth-order valence-electron chi connectivity index (χ4n) is 0.823. The van der Waals surface area contributed by atoms with Crippen molar-refractivity contribution in [3.8, 4) is 0 Å². The number of rotatable bonds is 3. The molecule has 17 heavy (non-hydrogen) atoms. The summed E-state index contributed by atoms with van der Waals surface area (Å²) in [7, 11) is 0. The summed E-state index contributed by atoms with van der Waals surface area (Å²) in [6.45, 7) is 6.65. The molecule has 1 heterocycles. The normalized spacial score (nSPS) is 13.2. The summed E-state index contributed by atoms with van der Waals surface area (Å²) in [5, 5.41) is 26.3. The van der Waals surface area contributed by atoms with Crippen molar-refractivity contribution < 1.29 is 19.8 Å². The fraction of sp³-hybridized carbons (Fsp3) is 0.600. The molecule has 1 aromatic heterocycles. The van der Waals surface area contributed by atoms with E-state index in [-0.39, 0.29) is 0 Å². The molecular formula is C10H16N2O4S. The first-order valence-corrected chi connectivity index (χ1v) is 5.79. The summed E-state index contributed by atoms with van der Waals surface area (Å²) in [6.07, 6.45) is 0. The third kappa shape index (κ3) is 5.96. The van der Waals surface area contributed by atoms with E-state index in [1.165, 1.54) is 13.8 Å². The quantitative estimate of drug-likeness (QED) is 0.855. The number of aryl methyl sites for hydroxylation is 2. The molecule has 2 unspecified atom stereocenters. The number of hydrogen-bond donors (Lipinski definition) is 2. The first kappa shape index (κ1) is 15.5. The molecule has 0 saturated carbocycles. The maximum Gasteiger partial charge on any atom is 0.307 e. The topological polar surface area (TPSA) is 100 Å². The Morgan fingerprint density at radius 3 is 1.41 bits per heavy atom. The van der Waals surface area contributed by atoms with Crippen molar-refractivity contribution in [2.45, 2.75) is 27.7 Å². The molecule has 0 aromatic carbocycles. The number of aliphatic carboxylic acids is 2. The average molecular weight is 260 g/mol. The molecule has 2 atom stereocenters. The number of hydrogen-bond acceptors (Lipinski definition) is 5. The Morgan fingerprint density at radius 1 is 1.00 bits per heavy atom. The molecule has 7 heteroatoms. The van der Waals surface area contributed by atoms with Crippen LogP contribution in [0.2, 0.25) is 0 Å². The molecule has 0 spiro atoms. The van der Waals surface area contributed by atoms with E-state index in [0.717, 1.165) is 10.0 Å². The van der Waals surface area contributed by atoms with Crippen LogP contribution in [0.3, 0.4) is 0 Å². The van der Waals surface area contributed by atoms with Crippen molar-refractivity contribution in [3.05, 3.63) is 10.0 Å². The van der Waals surface area contributed by atoms with Crippen LogP contribution < -0.4 is 0 Å². The number of carboxylic acids is 2. The zero-order valence-corrected chi connectivity index (χ0v) is 11.0. The van der Waals surface area contributed by atoms with Gasteiger partial charge in [-0.1, -0.05) is 13.8 Å². The van der Waals surface area contributed by atoms with Crippen molar-refractivity contribution in [2.75, 3.05) is 0 Å². The van der Waals surface area contributed by atoms with Gasteiger partial charge in [-0.3, -0.25) is 9.59 Å². The van der Waals surface area contributed by atoms with Crippen molar-refractivity contribution in [2.24, 2.45) is 11.8 Å². The molecule has 96 valence electrons. The van der Waals surface area contributed by atoms with Gasteiger partial charge in [0.25, 0.3) is 0 Å². The Kier molecular flexibility index (Phi) is 6.34. The largest absolute Gasteiger partial charge is 0.481 e. The van der Waals surface area contributed by atoms with Gasteiger partial charge < -0.3 is 10.2 Å². The predicted octanol–water partition coefficient (Wildman–Crippen LogP) is 1.58. The van der Waals surface area contributed by atoms with E-state index in [0.29, 0.717) is 0 Å². The molecule has 0 aliphatic carbocycles. The van der Waals surface area contributed by atoms with Crippen LogP contribution in [0.25, 0.3) is 0 Å². The minimum Gasteiger partial charge on any atom is -0.481 e. The van der Waals surface area contributed by atoms with Gasteiger partial charge in [-0.25, -0.2) is 0 Å². The smallest absolute Gasteiger partial charge is 0.307 e. The van der Waals surface area contributed by atoms with Gasteiger partial charge in [0.2, 0.25) is 0 Å². The number of nitrogens with zero attached hydrogens (tertiary/aromatic N) is 2. The zero-order chi connectivity index (χ0) is 13.6. The lowest BCUT2D eigenvalue weighted by Crippen LogP contribution is -2.24. The summed E-state index contributed by atoms with van der Waals surface area (Å²) in [5.41, 5.74) is 0. The molecule has 0 fully saturated rings. The van der Waals surface area contributed by atoms with E-state index in [1.807, 2.05) is 13.8 Å². The van der Waals surface area contributed by atoms with Gasteiger partial charge in [-0.05, 0) is 13.8 Å². The number of carbonyl (C=O) groups is 2. The maximum absolute atomic E-state index is 10.2. The van der Waals surface area contributed by atoms with E-state index in [9.17, 15) is 9.59 Å². The van der Waals surface area contributed by atoms with E-state index in [2.05, 4.69) is 10.2 Å². The molecule has 0 aliphatic heterocycles. The molecule has 0 radical (unpaired) electrons. The highest BCUT2D eigenvalue weighted by Crippen LogP contribution is 2.10. The maximum atomic E-state index is 10.2. The van der Waals surface area contributed by atoms with E-state index in [4.69, 9.17) is 10.2 Å². The SMILES string of the molecule is CC(C(=O)O)C(C)C(=O)O.Cc1nnc(C)s1. The second-order valence-electron chi connectivity index (χ2n) is 3.59. The summed E-state index contributed by atoms with van der Waals surface area (Å²) in [5.74, 6) is -3.79. The molecule has 1 rings (SSSR count). The van der Waals surface area contributed by atoms with Gasteiger partial charge in [0, 0.05) is 0 Å². The second kappa shape index (κ2) is 6.95. The molecular weight excluding hydrogens is 244 g/mol. The molecule has 6 nitrogen and oxygen atoms in total. The van der Waals surface area contributed by atoms with Crippen LogP contribution in [-0.4, -0.2) is 32.3 Å². The molecule has 2 N–H and O–H groups in total. The van der Waals surface area contributed by atoms with Crippen LogP contribution >= 0.6 is 11.3 Å². The highest BCUT2D eigenvalue weighted by atomic mass is 32.1. The van der Waals surface area contributed by atoms with Crippen LogP contribution in [0.4, 0.5) is 0 Å². The monoisotopic (exact) mass is 260 g/mol. The molecule has 0 saturated heterocycles. The van der Waals surface area contributed by atoms with Crippen molar-refractivity contribution >= 4 is 23.3 Å². The molecule has 0 amide bonds. The number of carboxylic acid groups (broad SMARTS) is 2. The Labute approximate surface area is 103 Å². The molecule has 1 aromatic rings. The van der Waals surface area contributed by atoms with Gasteiger partial charge in [-0.2, -0.15) is 0 Å². The lowest BCUT2D eigenvalue weighted by atomic mass is 9.97. The van der Waals surface area contributed by atoms with Crippen molar-refractivity contribution in [3.63, 3.8) is 0 Å². The van der Waals surface area contributed by atoms with Gasteiger partial charge in [-0.15, -0.1) is 21.5 Å². The Balaban J connectivity index is 0.000000318. The second-order valence-corrected chi connectivity index (χ2v) is 4.98. The van der Waals surface area contributed by atoms with Gasteiger partial charge >= 0.3 is 11.9 Å². The third-order valence-corrected chi connectivity index (χ3v) is 2.91. The van der Waals surface area contributed by atoms with Gasteiger partial charge in [0.15, 0.2) is 0 Å². The van der Waals surface area contributed by atoms with Crippen LogP contribution in [-0.2, 0) is 9.59 Å². The summed E-state index contributed by atoms with van der Waals surface area (Å²) in [6, 6.07) is 0. The fourth-order valence-corrected chi connectivity index (χ4v) is 1.41. The highest BCUT2D eigenvalue weighted by molar-refractivity contribution is 7.11. The Morgan fingerprint density at radius 2 is 1.29 bits per heavy atom. The highest BCUT2D eigenvalue weighted by Gasteiger charge is 2.24. The summed E-state index contributed by atoms with van der Waals surface area (Å²) < 4.78 is 0.